The van der Waals surface area contributed by atoms with Crippen molar-refractivity contribution in [2.75, 3.05) is 5.32 Å². The first-order valence-electron chi connectivity index (χ1n) is 7.61. The van der Waals surface area contributed by atoms with Crippen LogP contribution >= 0.6 is 23.2 Å². The number of nitrogens with one attached hydrogen (secondary N) is 2. The average Bonchev–Trinajstić information content (AvgIpc) is 2.55. The monoisotopic (exact) mass is 380 g/mol. The van der Waals surface area contributed by atoms with Gasteiger partial charge in [0, 0.05) is 24.2 Å². The molecule has 2 N–H and O–H groups in total. The Balaban J connectivity index is 1.92. The third kappa shape index (κ3) is 5.96. The third-order valence-electron chi connectivity index (χ3n) is 3.28. The van der Waals surface area contributed by atoms with E-state index in [4.69, 9.17) is 27.9 Å². The third-order valence-corrected chi connectivity index (χ3v) is 3.81. The maximum Gasteiger partial charge on any atom is 0.261 e. The van der Waals surface area contributed by atoms with Crippen molar-refractivity contribution in [3.05, 3.63) is 58.1 Å². The quantitative estimate of drug-likeness (QED) is 0.794. The molecule has 0 radical (unpaired) electrons. The predicted octanol–water partition coefficient (Wildman–Crippen LogP) is 4.04. The largest absolute Gasteiger partial charge is 0.479 e. The number of hydrogen-bond donors (Lipinski definition) is 2. The molecule has 0 aliphatic carbocycles. The Morgan fingerprint density at radius 1 is 1.16 bits per heavy atom. The van der Waals surface area contributed by atoms with Crippen LogP contribution in [0.2, 0.25) is 10.0 Å². The number of carbonyl (C=O) groups is 2. The molecule has 0 aliphatic rings. The molecular weight excluding hydrogens is 363 g/mol. The topological polar surface area (TPSA) is 67.4 Å². The minimum absolute atomic E-state index is 0.150. The van der Waals surface area contributed by atoms with Gasteiger partial charge in [0.05, 0.1) is 5.02 Å². The molecule has 25 heavy (non-hydrogen) atoms. The van der Waals surface area contributed by atoms with E-state index in [9.17, 15) is 9.59 Å². The Kier molecular flexibility index (Phi) is 6.67. The summed E-state index contributed by atoms with van der Waals surface area (Å²) in [4.78, 5) is 23.3. The zero-order chi connectivity index (χ0) is 18.4. The number of anilines is 1. The number of hydrogen-bond acceptors (Lipinski definition) is 3. The summed E-state index contributed by atoms with van der Waals surface area (Å²) >= 11 is 11.9. The Morgan fingerprint density at radius 3 is 2.60 bits per heavy atom. The van der Waals surface area contributed by atoms with Gasteiger partial charge in [-0.2, -0.15) is 0 Å². The first kappa shape index (κ1) is 19.1. The van der Waals surface area contributed by atoms with Crippen LogP contribution in [0.25, 0.3) is 0 Å². The second-order valence-electron chi connectivity index (χ2n) is 5.43. The zero-order valence-electron chi connectivity index (χ0n) is 13.8. The van der Waals surface area contributed by atoms with Gasteiger partial charge >= 0.3 is 0 Å². The van der Waals surface area contributed by atoms with E-state index in [0.29, 0.717) is 28.0 Å². The molecule has 1 atom stereocenters. The van der Waals surface area contributed by atoms with Gasteiger partial charge < -0.3 is 15.4 Å². The highest BCUT2D eigenvalue weighted by Gasteiger charge is 2.16. The molecule has 1 unspecified atom stereocenters. The van der Waals surface area contributed by atoms with E-state index in [1.165, 1.54) is 6.92 Å². The molecule has 0 heterocycles. The second kappa shape index (κ2) is 8.74. The molecule has 5 nitrogen and oxygen atoms in total. The molecule has 7 heteroatoms. The fraction of sp³-hybridized carbons (Fsp3) is 0.222. The highest BCUT2D eigenvalue weighted by molar-refractivity contribution is 6.35. The van der Waals surface area contributed by atoms with Crippen LogP contribution in [0.4, 0.5) is 5.69 Å². The first-order valence-corrected chi connectivity index (χ1v) is 8.36. The van der Waals surface area contributed by atoms with Crippen molar-refractivity contribution in [2.24, 2.45) is 0 Å². The number of halogens is 2. The summed E-state index contributed by atoms with van der Waals surface area (Å²) in [7, 11) is 0. The molecule has 0 bridgehead atoms. The number of rotatable bonds is 6. The number of carbonyl (C=O) groups excluding carboxylic acids is 2. The van der Waals surface area contributed by atoms with E-state index in [1.807, 2.05) is 6.07 Å². The van der Waals surface area contributed by atoms with Crippen LogP contribution in [0.15, 0.2) is 42.5 Å². The molecular formula is C18H18Cl2N2O3. The molecule has 0 saturated carbocycles. The summed E-state index contributed by atoms with van der Waals surface area (Å²) in [6.07, 6.45) is -0.725. The first-order chi connectivity index (χ1) is 11.8. The molecule has 0 spiro atoms. The van der Waals surface area contributed by atoms with E-state index in [-0.39, 0.29) is 11.8 Å². The molecule has 2 amide bonds. The van der Waals surface area contributed by atoms with Crippen LogP contribution < -0.4 is 15.4 Å². The van der Waals surface area contributed by atoms with Gasteiger partial charge in [-0.15, -0.1) is 0 Å². The lowest BCUT2D eigenvalue weighted by atomic mass is 10.2. The van der Waals surface area contributed by atoms with Gasteiger partial charge in [0.1, 0.15) is 5.75 Å². The lowest BCUT2D eigenvalue weighted by Crippen LogP contribution is -2.35. The van der Waals surface area contributed by atoms with E-state index in [0.717, 1.165) is 5.56 Å². The van der Waals surface area contributed by atoms with E-state index < -0.39 is 6.10 Å². The van der Waals surface area contributed by atoms with Gasteiger partial charge in [-0.1, -0.05) is 35.3 Å². The van der Waals surface area contributed by atoms with Crippen LogP contribution in [-0.4, -0.2) is 17.9 Å². The van der Waals surface area contributed by atoms with Gasteiger partial charge in [-0.3, -0.25) is 9.59 Å². The van der Waals surface area contributed by atoms with Crippen molar-refractivity contribution in [1.82, 2.24) is 5.32 Å². The van der Waals surface area contributed by atoms with Crippen molar-refractivity contribution in [2.45, 2.75) is 26.5 Å². The molecule has 0 aromatic heterocycles. The summed E-state index contributed by atoms with van der Waals surface area (Å²) in [5, 5.41) is 6.32. The van der Waals surface area contributed by atoms with Gasteiger partial charge in [-0.05, 0) is 42.8 Å². The lowest BCUT2D eigenvalue weighted by molar-refractivity contribution is -0.127. The molecule has 2 aromatic rings. The van der Waals surface area contributed by atoms with E-state index in [2.05, 4.69) is 10.6 Å². The van der Waals surface area contributed by atoms with Crippen molar-refractivity contribution in [3.8, 4) is 5.75 Å². The molecule has 2 aromatic carbocycles. The summed E-state index contributed by atoms with van der Waals surface area (Å²) < 4.78 is 5.57. The molecule has 0 fully saturated rings. The Bertz CT molecular complexity index is 781. The van der Waals surface area contributed by atoms with Gasteiger partial charge in [0.25, 0.3) is 5.91 Å². The fourth-order valence-corrected chi connectivity index (χ4v) is 2.56. The molecule has 0 aliphatic heterocycles. The van der Waals surface area contributed by atoms with Gasteiger partial charge in [0.2, 0.25) is 5.91 Å². The fourth-order valence-electron chi connectivity index (χ4n) is 2.11. The predicted molar refractivity (Wildman–Crippen MR) is 99.1 cm³/mol. The Labute approximate surface area is 156 Å². The zero-order valence-corrected chi connectivity index (χ0v) is 15.3. The maximum absolute atomic E-state index is 12.2. The van der Waals surface area contributed by atoms with Crippen molar-refractivity contribution >= 4 is 40.7 Å². The smallest absolute Gasteiger partial charge is 0.261 e. The summed E-state index contributed by atoms with van der Waals surface area (Å²) in [5.41, 5.74) is 1.54. The minimum atomic E-state index is -0.725. The Hall–Kier alpha value is -2.24. The molecule has 0 saturated heterocycles. The lowest BCUT2D eigenvalue weighted by Gasteiger charge is -2.16. The van der Waals surface area contributed by atoms with Crippen LogP contribution in [0.1, 0.15) is 19.4 Å². The van der Waals surface area contributed by atoms with E-state index >= 15 is 0 Å². The Morgan fingerprint density at radius 2 is 1.92 bits per heavy atom. The van der Waals surface area contributed by atoms with Crippen molar-refractivity contribution in [1.29, 1.82) is 0 Å². The highest BCUT2D eigenvalue weighted by Crippen LogP contribution is 2.28. The second-order valence-corrected chi connectivity index (χ2v) is 6.28. The summed E-state index contributed by atoms with van der Waals surface area (Å²) in [5.74, 6) is -0.0413. The molecule has 132 valence electrons. The number of benzene rings is 2. The average molecular weight is 381 g/mol. The summed E-state index contributed by atoms with van der Waals surface area (Å²) in [6.45, 7) is 3.39. The highest BCUT2D eigenvalue weighted by atomic mass is 35.5. The van der Waals surface area contributed by atoms with Crippen LogP contribution in [-0.2, 0) is 16.1 Å². The summed E-state index contributed by atoms with van der Waals surface area (Å²) in [6, 6.07) is 12.0. The standard InChI is InChI=1S/C18H18Cl2N2O3/c1-11(25-17-7-6-14(19)9-16(17)20)18(24)21-10-13-4-3-5-15(8-13)22-12(2)23/h3-9,11H,10H2,1-2H3,(H,21,24)(H,22,23). The van der Waals surface area contributed by atoms with Crippen LogP contribution in [0.3, 0.4) is 0 Å². The van der Waals surface area contributed by atoms with Gasteiger partial charge in [-0.25, -0.2) is 0 Å². The minimum Gasteiger partial charge on any atom is -0.479 e. The molecule has 2 rings (SSSR count). The maximum atomic E-state index is 12.2. The van der Waals surface area contributed by atoms with Crippen LogP contribution in [0, 0.1) is 0 Å². The number of amides is 2. The van der Waals surface area contributed by atoms with E-state index in [1.54, 1.807) is 43.3 Å². The normalized spacial score (nSPS) is 11.5. The van der Waals surface area contributed by atoms with Crippen molar-refractivity contribution < 1.29 is 14.3 Å². The van der Waals surface area contributed by atoms with Gasteiger partial charge in [0.15, 0.2) is 6.10 Å². The number of ether oxygens (including phenoxy) is 1. The van der Waals surface area contributed by atoms with Crippen LogP contribution in [0.5, 0.6) is 5.75 Å². The SMILES string of the molecule is CC(=O)Nc1cccc(CNC(=O)C(C)Oc2ccc(Cl)cc2Cl)c1. The van der Waals surface area contributed by atoms with Crippen molar-refractivity contribution in [3.63, 3.8) is 0 Å².